The molecule has 0 fully saturated rings. The second-order valence-corrected chi connectivity index (χ2v) is 6.33. The molecule has 1 atom stereocenters. The van der Waals surface area contributed by atoms with E-state index in [1.165, 1.54) is 6.20 Å². The average Bonchev–Trinajstić information content (AvgIpc) is 2.88. The predicted molar refractivity (Wildman–Crippen MR) is 76.4 cm³/mol. The van der Waals surface area contributed by atoms with E-state index in [2.05, 4.69) is 14.9 Å². The fraction of sp³-hybridized carbons (Fsp3) is 0.308. The van der Waals surface area contributed by atoms with E-state index in [1.807, 2.05) is 31.2 Å². The van der Waals surface area contributed by atoms with E-state index in [0.29, 0.717) is 5.56 Å². The molecule has 108 valence electrons. The molecule has 0 aliphatic rings. The summed E-state index contributed by atoms with van der Waals surface area (Å²) in [5.41, 5.74) is 7.99. The Kier molecular flexibility index (Phi) is 4.22. The van der Waals surface area contributed by atoms with Crippen molar-refractivity contribution in [3.05, 3.63) is 47.2 Å². The molecule has 4 N–H and O–H groups in total. The molecule has 1 aromatic heterocycles. The molecule has 1 aromatic carbocycles. The molecule has 0 spiro atoms. The van der Waals surface area contributed by atoms with Gasteiger partial charge in [-0.15, -0.1) is 0 Å². The van der Waals surface area contributed by atoms with Gasteiger partial charge in [0.25, 0.3) is 10.0 Å². The van der Waals surface area contributed by atoms with Gasteiger partial charge in [-0.2, -0.15) is 5.10 Å². The van der Waals surface area contributed by atoms with Crippen LogP contribution in [0.25, 0.3) is 0 Å². The maximum absolute atomic E-state index is 12.3. The van der Waals surface area contributed by atoms with E-state index >= 15 is 0 Å². The predicted octanol–water partition coefficient (Wildman–Crippen LogP) is 1.22. The summed E-state index contributed by atoms with van der Waals surface area (Å²) >= 11 is 0. The average molecular weight is 294 g/mol. The zero-order valence-electron chi connectivity index (χ0n) is 11.4. The van der Waals surface area contributed by atoms with Crippen LogP contribution in [-0.4, -0.2) is 18.6 Å². The molecule has 7 heteroatoms. The van der Waals surface area contributed by atoms with E-state index in [1.54, 1.807) is 6.92 Å². The highest BCUT2D eigenvalue weighted by molar-refractivity contribution is 7.89. The van der Waals surface area contributed by atoms with Crippen LogP contribution in [0.3, 0.4) is 0 Å². The van der Waals surface area contributed by atoms with Crippen molar-refractivity contribution in [2.45, 2.75) is 31.5 Å². The Balaban J connectivity index is 2.22. The van der Waals surface area contributed by atoms with Gasteiger partial charge in [0.1, 0.15) is 0 Å². The number of benzene rings is 1. The molecular weight excluding hydrogens is 276 g/mol. The largest absolute Gasteiger partial charge is 0.326 e. The zero-order chi connectivity index (χ0) is 14.8. The Morgan fingerprint density at radius 3 is 2.60 bits per heavy atom. The van der Waals surface area contributed by atoms with Crippen molar-refractivity contribution in [3.8, 4) is 0 Å². The van der Waals surface area contributed by atoms with E-state index in [0.717, 1.165) is 11.1 Å². The van der Waals surface area contributed by atoms with Crippen LogP contribution in [0.5, 0.6) is 0 Å². The molecule has 0 radical (unpaired) electrons. The normalized spacial score (nSPS) is 13.3. The first-order valence-corrected chi connectivity index (χ1v) is 7.73. The van der Waals surface area contributed by atoms with Crippen LogP contribution >= 0.6 is 0 Å². The van der Waals surface area contributed by atoms with Crippen LogP contribution in [0.1, 0.15) is 29.7 Å². The van der Waals surface area contributed by atoms with Crippen molar-refractivity contribution in [2.75, 3.05) is 0 Å². The first-order chi connectivity index (χ1) is 9.44. The molecule has 1 heterocycles. The van der Waals surface area contributed by atoms with Crippen LogP contribution in [0.4, 0.5) is 0 Å². The number of hydrogen-bond acceptors (Lipinski definition) is 4. The maximum Gasteiger partial charge on any atom is 0.258 e. The smallest absolute Gasteiger partial charge is 0.258 e. The Bertz CT molecular complexity index is 677. The third-order valence-electron chi connectivity index (χ3n) is 3.08. The lowest BCUT2D eigenvalue weighted by Gasteiger charge is -2.14. The van der Waals surface area contributed by atoms with Gasteiger partial charge in [0.2, 0.25) is 0 Å². The van der Waals surface area contributed by atoms with Crippen molar-refractivity contribution in [1.82, 2.24) is 14.9 Å². The highest BCUT2D eigenvalue weighted by Crippen LogP contribution is 2.18. The number of nitrogens with one attached hydrogen (secondary N) is 2. The first kappa shape index (κ1) is 14.7. The van der Waals surface area contributed by atoms with Gasteiger partial charge in [-0.3, -0.25) is 5.10 Å². The SMILES string of the molecule is Cc1ccc(C(C)NS(=O)(=O)c2[nH]ncc2CN)cc1. The Morgan fingerprint density at radius 1 is 1.35 bits per heavy atom. The topological polar surface area (TPSA) is 101 Å². The molecule has 6 nitrogen and oxygen atoms in total. The molecule has 0 saturated heterocycles. The van der Waals surface area contributed by atoms with Gasteiger partial charge in [-0.05, 0) is 19.4 Å². The van der Waals surface area contributed by atoms with Crippen molar-refractivity contribution >= 4 is 10.0 Å². The Labute approximate surface area is 118 Å². The highest BCUT2D eigenvalue weighted by atomic mass is 32.2. The number of nitrogens with zero attached hydrogens (tertiary/aromatic N) is 1. The van der Waals surface area contributed by atoms with Crippen molar-refractivity contribution in [3.63, 3.8) is 0 Å². The summed E-state index contributed by atoms with van der Waals surface area (Å²) in [5.74, 6) is 0. The molecule has 0 aliphatic heterocycles. The molecule has 2 aromatic rings. The monoisotopic (exact) mass is 294 g/mol. The molecule has 2 rings (SSSR count). The minimum atomic E-state index is -3.67. The highest BCUT2D eigenvalue weighted by Gasteiger charge is 2.22. The van der Waals surface area contributed by atoms with Crippen molar-refractivity contribution in [2.24, 2.45) is 5.73 Å². The fourth-order valence-corrected chi connectivity index (χ4v) is 3.27. The van der Waals surface area contributed by atoms with Gasteiger partial charge >= 0.3 is 0 Å². The lowest BCUT2D eigenvalue weighted by molar-refractivity contribution is 0.561. The summed E-state index contributed by atoms with van der Waals surface area (Å²) < 4.78 is 27.2. The fourth-order valence-electron chi connectivity index (χ4n) is 1.89. The minimum absolute atomic E-state index is 0.0268. The van der Waals surface area contributed by atoms with Gasteiger partial charge in [0, 0.05) is 18.2 Å². The molecule has 0 bridgehead atoms. The number of aromatic nitrogens is 2. The second-order valence-electron chi connectivity index (χ2n) is 4.68. The van der Waals surface area contributed by atoms with E-state index in [9.17, 15) is 8.42 Å². The number of hydrogen-bond donors (Lipinski definition) is 3. The van der Waals surface area contributed by atoms with Gasteiger partial charge in [0.15, 0.2) is 5.03 Å². The van der Waals surface area contributed by atoms with Crippen LogP contribution in [0.15, 0.2) is 35.5 Å². The van der Waals surface area contributed by atoms with Crippen LogP contribution in [0, 0.1) is 6.92 Å². The van der Waals surface area contributed by atoms with E-state index < -0.39 is 10.0 Å². The first-order valence-electron chi connectivity index (χ1n) is 6.25. The standard InChI is InChI=1S/C13H18N4O2S/c1-9-3-5-11(6-4-9)10(2)17-20(18,19)13-12(7-14)8-15-16-13/h3-6,8,10,17H,7,14H2,1-2H3,(H,15,16). The summed E-state index contributed by atoms with van der Waals surface area (Å²) in [7, 11) is -3.67. The summed E-state index contributed by atoms with van der Waals surface area (Å²) in [6, 6.07) is 7.36. The summed E-state index contributed by atoms with van der Waals surface area (Å²) in [4.78, 5) is 0. The Morgan fingerprint density at radius 2 is 2.00 bits per heavy atom. The lowest BCUT2D eigenvalue weighted by Crippen LogP contribution is -2.28. The van der Waals surface area contributed by atoms with Gasteiger partial charge in [-0.1, -0.05) is 29.8 Å². The van der Waals surface area contributed by atoms with E-state index in [4.69, 9.17) is 5.73 Å². The molecule has 0 saturated carbocycles. The maximum atomic E-state index is 12.3. The summed E-state index contributed by atoms with van der Waals surface area (Å²) in [6.45, 7) is 3.89. The second kappa shape index (κ2) is 5.74. The number of nitrogens with two attached hydrogens (primary N) is 1. The number of aryl methyl sites for hydroxylation is 1. The van der Waals surface area contributed by atoms with Gasteiger partial charge in [0.05, 0.1) is 6.20 Å². The van der Waals surface area contributed by atoms with Crippen LogP contribution in [0.2, 0.25) is 0 Å². The molecule has 20 heavy (non-hydrogen) atoms. The third-order valence-corrected chi connectivity index (χ3v) is 4.63. The van der Waals surface area contributed by atoms with Crippen molar-refractivity contribution < 1.29 is 8.42 Å². The third kappa shape index (κ3) is 3.06. The lowest BCUT2D eigenvalue weighted by atomic mass is 10.1. The van der Waals surface area contributed by atoms with E-state index in [-0.39, 0.29) is 17.6 Å². The summed E-state index contributed by atoms with van der Waals surface area (Å²) in [6.07, 6.45) is 1.42. The quantitative estimate of drug-likeness (QED) is 0.771. The number of H-pyrrole nitrogens is 1. The van der Waals surface area contributed by atoms with Crippen molar-refractivity contribution in [1.29, 1.82) is 0 Å². The van der Waals surface area contributed by atoms with Crippen LogP contribution in [-0.2, 0) is 16.6 Å². The molecule has 0 amide bonds. The minimum Gasteiger partial charge on any atom is -0.326 e. The zero-order valence-corrected chi connectivity index (χ0v) is 12.2. The number of sulfonamides is 1. The van der Waals surface area contributed by atoms with Gasteiger partial charge in [-0.25, -0.2) is 13.1 Å². The Hall–Kier alpha value is -1.70. The molecule has 1 unspecified atom stereocenters. The number of rotatable bonds is 5. The molecular formula is C13H18N4O2S. The molecule has 0 aliphatic carbocycles. The van der Waals surface area contributed by atoms with Crippen LogP contribution < -0.4 is 10.5 Å². The van der Waals surface area contributed by atoms with Gasteiger partial charge < -0.3 is 5.73 Å². The number of aromatic amines is 1. The summed E-state index contributed by atoms with van der Waals surface area (Å²) in [5, 5.41) is 6.24.